The zero-order valence-corrected chi connectivity index (χ0v) is 7.50. The van der Waals surface area contributed by atoms with Gasteiger partial charge in [0.1, 0.15) is 0 Å². The lowest BCUT2D eigenvalue weighted by atomic mass is 10.3. The fraction of sp³-hybridized carbons (Fsp3) is 0.667. The maximum absolute atomic E-state index is 5.19. The van der Waals surface area contributed by atoms with Crippen molar-refractivity contribution >= 4 is 0 Å². The third-order valence-electron chi connectivity index (χ3n) is 2.25. The van der Waals surface area contributed by atoms with Gasteiger partial charge in [-0.2, -0.15) is 5.10 Å². The van der Waals surface area contributed by atoms with Gasteiger partial charge in [-0.25, -0.2) is 0 Å². The van der Waals surface area contributed by atoms with Crippen LogP contribution in [-0.4, -0.2) is 16.9 Å². The van der Waals surface area contributed by atoms with E-state index in [0.29, 0.717) is 5.92 Å². The smallest absolute Gasteiger partial charge is 0.170 e. The SMILES string of the molecule is CCn1n[c]c(OC)c1C1CC1. The normalized spacial score (nSPS) is 16.5. The van der Waals surface area contributed by atoms with Crippen LogP contribution in [0.15, 0.2) is 0 Å². The van der Waals surface area contributed by atoms with Gasteiger partial charge < -0.3 is 4.74 Å². The summed E-state index contributed by atoms with van der Waals surface area (Å²) in [7, 11) is 1.68. The van der Waals surface area contributed by atoms with Crippen LogP contribution in [-0.2, 0) is 6.54 Å². The van der Waals surface area contributed by atoms with Crippen molar-refractivity contribution in [1.82, 2.24) is 9.78 Å². The lowest BCUT2D eigenvalue weighted by Crippen LogP contribution is -2.01. The summed E-state index contributed by atoms with van der Waals surface area (Å²) in [4.78, 5) is 0. The summed E-state index contributed by atoms with van der Waals surface area (Å²) in [5, 5.41) is 4.13. The highest BCUT2D eigenvalue weighted by molar-refractivity contribution is 5.30. The van der Waals surface area contributed by atoms with E-state index in [2.05, 4.69) is 18.2 Å². The molecule has 0 aliphatic heterocycles. The summed E-state index contributed by atoms with van der Waals surface area (Å²) < 4.78 is 7.17. The molecule has 1 aliphatic carbocycles. The van der Waals surface area contributed by atoms with Gasteiger partial charge >= 0.3 is 0 Å². The second-order valence-electron chi connectivity index (χ2n) is 3.12. The van der Waals surface area contributed by atoms with Crippen molar-refractivity contribution in [2.24, 2.45) is 0 Å². The van der Waals surface area contributed by atoms with E-state index in [1.807, 2.05) is 4.68 Å². The number of hydrogen-bond donors (Lipinski definition) is 0. The van der Waals surface area contributed by atoms with Crippen LogP contribution in [0.25, 0.3) is 0 Å². The van der Waals surface area contributed by atoms with Gasteiger partial charge in [0.05, 0.1) is 12.8 Å². The molecule has 3 heteroatoms. The Balaban J connectivity index is 2.36. The topological polar surface area (TPSA) is 27.1 Å². The highest BCUT2D eigenvalue weighted by Crippen LogP contribution is 2.43. The van der Waals surface area contributed by atoms with Crippen LogP contribution in [0.5, 0.6) is 5.75 Å². The van der Waals surface area contributed by atoms with Gasteiger partial charge in [-0.15, -0.1) is 0 Å². The summed E-state index contributed by atoms with van der Waals surface area (Å²) in [5.41, 5.74) is 1.24. The van der Waals surface area contributed by atoms with Gasteiger partial charge in [-0.3, -0.25) is 4.68 Å². The van der Waals surface area contributed by atoms with Crippen molar-refractivity contribution in [3.63, 3.8) is 0 Å². The largest absolute Gasteiger partial charge is 0.492 e. The van der Waals surface area contributed by atoms with E-state index in [4.69, 9.17) is 4.74 Å². The lowest BCUT2D eigenvalue weighted by Gasteiger charge is -2.04. The van der Waals surface area contributed by atoms with E-state index in [1.54, 1.807) is 7.11 Å². The minimum absolute atomic E-state index is 0.679. The van der Waals surface area contributed by atoms with Gasteiger partial charge in [-0.05, 0) is 19.8 Å². The van der Waals surface area contributed by atoms with Crippen LogP contribution in [0.1, 0.15) is 31.4 Å². The van der Waals surface area contributed by atoms with Crippen LogP contribution < -0.4 is 4.74 Å². The zero-order chi connectivity index (χ0) is 8.55. The Morgan fingerprint density at radius 1 is 1.67 bits per heavy atom. The van der Waals surface area contributed by atoms with Crippen LogP contribution >= 0.6 is 0 Å². The van der Waals surface area contributed by atoms with Crippen LogP contribution in [0.2, 0.25) is 0 Å². The average molecular weight is 165 g/mol. The summed E-state index contributed by atoms with van der Waals surface area (Å²) in [6.45, 7) is 3.00. The molecule has 0 saturated heterocycles. The highest BCUT2D eigenvalue weighted by Gasteiger charge is 2.30. The number of aromatic nitrogens is 2. The molecule has 0 amide bonds. The summed E-state index contributed by atoms with van der Waals surface area (Å²) in [5.74, 6) is 1.51. The van der Waals surface area contributed by atoms with Crippen LogP contribution in [0.3, 0.4) is 0 Å². The molecule has 65 valence electrons. The Bertz CT molecular complexity index is 255. The second-order valence-corrected chi connectivity index (χ2v) is 3.12. The molecule has 0 spiro atoms. The van der Waals surface area contributed by atoms with Gasteiger partial charge in [0.2, 0.25) is 0 Å². The zero-order valence-electron chi connectivity index (χ0n) is 7.50. The molecule has 0 N–H and O–H groups in total. The molecule has 0 unspecified atom stereocenters. The molecule has 1 aromatic rings. The van der Waals surface area contributed by atoms with Crippen molar-refractivity contribution < 1.29 is 4.74 Å². The highest BCUT2D eigenvalue weighted by atomic mass is 16.5. The van der Waals surface area contributed by atoms with Crippen LogP contribution in [0.4, 0.5) is 0 Å². The number of aryl methyl sites for hydroxylation is 1. The van der Waals surface area contributed by atoms with E-state index in [-0.39, 0.29) is 0 Å². The third-order valence-corrected chi connectivity index (χ3v) is 2.25. The number of nitrogens with zero attached hydrogens (tertiary/aromatic N) is 2. The van der Waals surface area contributed by atoms with Gasteiger partial charge in [0.25, 0.3) is 0 Å². The van der Waals surface area contributed by atoms with E-state index in [9.17, 15) is 0 Å². The maximum atomic E-state index is 5.19. The van der Waals surface area contributed by atoms with Crippen molar-refractivity contribution in [2.75, 3.05) is 7.11 Å². The molecule has 1 saturated carbocycles. The molecular formula is C9H13N2O. The summed E-state index contributed by atoms with van der Waals surface area (Å²) >= 11 is 0. The number of hydrogen-bond acceptors (Lipinski definition) is 2. The van der Waals surface area contributed by atoms with Crippen LogP contribution in [0, 0.1) is 6.20 Å². The Kier molecular flexibility index (Phi) is 1.79. The fourth-order valence-corrected chi connectivity index (χ4v) is 1.48. The predicted octanol–water partition coefficient (Wildman–Crippen LogP) is 1.59. The fourth-order valence-electron chi connectivity index (χ4n) is 1.48. The summed E-state index contributed by atoms with van der Waals surface area (Å²) in [6.07, 6.45) is 5.43. The first-order valence-electron chi connectivity index (χ1n) is 4.39. The second kappa shape index (κ2) is 2.81. The Labute approximate surface area is 72.3 Å². The Hall–Kier alpha value is -0.990. The lowest BCUT2D eigenvalue weighted by molar-refractivity contribution is 0.406. The molecule has 2 rings (SSSR count). The molecule has 1 aromatic heterocycles. The van der Waals surface area contributed by atoms with Crippen molar-refractivity contribution in [3.8, 4) is 5.75 Å². The number of methoxy groups -OCH3 is 1. The molecule has 1 fully saturated rings. The van der Waals surface area contributed by atoms with E-state index in [1.165, 1.54) is 18.5 Å². The Morgan fingerprint density at radius 3 is 2.92 bits per heavy atom. The van der Waals surface area contributed by atoms with E-state index >= 15 is 0 Å². The standard InChI is InChI=1S/C9H13N2O/c1-3-11-9(7-4-5-7)8(12-2)6-10-11/h7H,3-5H2,1-2H3. The maximum Gasteiger partial charge on any atom is 0.170 e. The van der Waals surface area contributed by atoms with Gasteiger partial charge in [-0.1, -0.05) is 0 Å². The molecule has 0 aromatic carbocycles. The molecular weight excluding hydrogens is 152 g/mol. The number of rotatable bonds is 3. The minimum atomic E-state index is 0.679. The van der Waals surface area contributed by atoms with Crippen molar-refractivity contribution in [2.45, 2.75) is 32.2 Å². The average Bonchev–Trinajstić information content (AvgIpc) is 2.85. The first-order chi connectivity index (χ1) is 5.86. The molecule has 0 bridgehead atoms. The molecule has 1 radical (unpaired) electrons. The van der Waals surface area contributed by atoms with Gasteiger partial charge in [0, 0.05) is 12.5 Å². The molecule has 0 atom stereocenters. The third kappa shape index (κ3) is 1.09. The first-order valence-corrected chi connectivity index (χ1v) is 4.39. The minimum Gasteiger partial charge on any atom is -0.492 e. The molecule has 1 heterocycles. The molecule has 1 aliphatic rings. The first kappa shape index (κ1) is 7.65. The van der Waals surface area contributed by atoms with Crippen molar-refractivity contribution in [1.29, 1.82) is 0 Å². The molecule has 3 nitrogen and oxygen atoms in total. The predicted molar refractivity (Wildman–Crippen MR) is 45.3 cm³/mol. The number of ether oxygens (including phenoxy) is 1. The Morgan fingerprint density at radius 2 is 2.42 bits per heavy atom. The monoisotopic (exact) mass is 165 g/mol. The van der Waals surface area contributed by atoms with E-state index < -0.39 is 0 Å². The van der Waals surface area contributed by atoms with Gasteiger partial charge in [0.15, 0.2) is 11.9 Å². The molecule has 12 heavy (non-hydrogen) atoms. The quantitative estimate of drug-likeness (QED) is 0.680. The summed E-state index contributed by atoms with van der Waals surface area (Å²) in [6, 6.07) is 0. The van der Waals surface area contributed by atoms with E-state index in [0.717, 1.165) is 12.3 Å². The van der Waals surface area contributed by atoms with Crippen molar-refractivity contribution in [3.05, 3.63) is 11.9 Å².